The van der Waals surface area contributed by atoms with Gasteiger partial charge < -0.3 is 4.90 Å². The number of rotatable bonds is 7. The summed E-state index contributed by atoms with van der Waals surface area (Å²) >= 11 is 0. The van der Waals surface area contributed by atoms with E-state index in [2.05, 4.69) is 41.2 Å². The van der Waals surface area contributed by atoms with E-state index in [1.165, 1.54) is 6.07 Å². The summed E-state index contributed by atoms with van der Waals surface area (Å²) in [6, 6.07) is 12.1. The molecule has 7 heteroatoms. The minimum atomic E-state index is -0.598. The molecule has 0 radical (unpaired) electrons. The smallest absolute Gasteiger partial charge is 0.151 e. The van der Waals surface area contributed by atoms with Gasteiger partial charge in [-0.15, -0.1) is 10.2 Å². The Morgan fingerprint density at radius 3 is 2.58 bits per heavy atom. The lowest BCUT2D eigenvalue weighted by Crippen LogP contribution is -2.33. The van der Waals surface area contributed by atoms with Crippen LogP contribution in [0.5, 0.6) is 0 Å². The van der Waals surface area contributed by atoms with Gasteiger partial charge in [-0.25, -0.2) is 8.78 Å². The van der Waals surface area contributed by atoms with Crippen molar-refractivity contribution >= 4 is 0 Å². The molecule has 4 rings (SSSR count). The molecule has 0 fully saturated rings. The maximum atomic E-state index is 15.2. The fourth-order valence-corrected chi connectivity index (χ4v) is 4.54. The zero-order valence-corrected chi connectivity index (χ0v) is 18.3. The predicted molar refractivity (Wildman–Crippen MR) is 117 cm³/mol. The van der Waals surface area contributed by atoms with Crippen molar-refractivity contribution in [3.63, 3.8) is 0 Å². The van der Waals surface area contributed by atoms with Crippen molar-refractivity contribution in [3.8, 4) is 5.69 Å². The fourth-order valence-electron chi connectivity index (χ4n) is 4.54. The van der Waals surface area contributed by atoms with Crippen LogP contribution in [0.3, 0.4) is 0 Å². The highest BCUT2D eigenvalue weighted by atomic mass is 19.1. The van der Waals surface area contributed by atoms with E-state index < -0.39 is 11.6 Å². The minimum Gasteiger partial charge on any atom is -0.301 e. The molecule has 2 heterocycles. The number of nitrogens with one attached hydrogen (secondary N) is 1. The highest BCUT2D eigenvalue weighted by Gasteiger charge is 2.29. The molecule has 31 heavy (non-hydrogen) atoms. The Morgan fingerprint density at radius 2 is 1.87 bits per heavy atom. The Morgan fingerprint density at radius 1 is 1.13 bits per heavy atom. The van der Waals surface area contributed by atoms with Gasteiger partial charge in [-0.2, -0.15) is 0 Å². The molecule has 0 aliphatic carbocycles. The summed E-state index contributed by atoms with van der Waals surface area (Å²) in [6.07, 6.45) is 1.55. The van der Waals surface area contributed by atoms with Crippen molar-refractivity contribution in [1.29, 1.82) is 0 Å². The van der Waals surface area contributed by atoms with Gasteiger partial charge in [0, 0.05) is 24.1 Å². The van der Waals surface area contributed by atoms with Crippen LogP contribution in [0.2, 0.25) is 0 Å². The van der Waals surface area contributed by atoms with Crippen LogP contribution in [-0.2, 0) is 13.0 Å². The summed E-state index contributed by atoms with van der Waals surface area (Å²) in [4.78, 5) is 2.39. The molecule has 0 spiro atoms. The summed E-state index contributed by atoms with van der Waals surface area (Å²) in [7, 11) is 0. The molecular weight excluding hydrogens is 396 g/mol. The summed E-state index contributed by atoms with van der Waals surface area (Å²) in [5.41, 5.74) is 1.84. The molecule has 1 aliphatic rings. The van der Waals surface area contributed by atoms with Gasteiger partial charge in [0.1, 0.15) is 11.6 Å². The average molecular weight is 426 g/mol. The topological polar surface area (TPSA) is 46.0 Å². The average Bonchev–Trinajstić information content (AvgIpc) is 3.08. The largest absolute Gasteiger partial charge is 0.301 e. The zero-order chi connectivity index (χ0) is 22.0. The molecule has 0 saturated carbocycles. The number of benzene rings is 2. The number of hydrogen-bond donors (Lipinski definition) is 1. The molecule has 2 unspecified atom stereocenters. The second-order valence-corrected chi connectivity index (χ2v) is 8.03. The van der Waals surface area contributed by atoms with Crippen molar-refractivity contribution in [2.45, 2.75) is 52.2 Å². The maximum Gasteiger partial charge on any atom is 0.151 e. The number of fused-ring (bicyclic) bond motifs is 3. The SMILES string of the molecule is CCN(CC)C(C)CCc1nnc2n1-c1c(F)cc(F)cc1C(c1ccccc1)NC2. The van der Waals surface area contributed by atoms with Crippen molar-refractivity contribution < 1.29 is 8.78 Å². The van der Waals surface area contributed by atoms with Gasteiger partial charge in [0.15, 0.2) is 11.6 Å². The van der Waals surface area contributed by atoms with Crippen LogP contribution in [0.4, 0.5) is 8.78 Å². The number of aryl methyl sites for hydroxylation is 1. The second-order valence-electron chi connectivity index (χ2n) is 8.03. The first-order valence-electron chi connectivity index (χ1n) is 11.0. The Labute approximate surface area is 182 Å². The summed E-state index contributed by atoms with van der Waals surface area (Å²) < 4.78 is 31.3. The van der Waals surface area contributed by atoms with Crippen LogP contribution >= 0.6 is 0 Å². The molecule has 3 aromatic rings. The third-order valence-corrected chi connectivity index (χ3v) is 6.21. The molecule has 0 saturated heterocycles. The molecule has 2 atom stereocenters. The van der Waals surface area contributed by atoms with Crippen molar-refractivity contribution in [2.24, 2.45) is 0 Å². The van der Waals surface area contributed by atoms with Crippen molar-refractivity contribution in [3.05, 3.63) is 76.9 Å². The van der Waals surface area contributed by atoms with E-state index >= 15 is 4.39 Å². The number of hydrogen-bond acceptors (Lipinski definition) is 4. The zero-order valence-electron chi connectivity index (χ0n) is 18.3. The Kier molecular flexibility index (Phi) is 6.43. The first-order valence-corrected chi connectivity index (χ1v) is 11.0. The van der Waals surface area contributed by atoms with Crippen LogP contribution in [0.15, 0.2) is 42.5 Å². The van der Waals surface area contributed by atoms with Crippen LogP contribution in [0.1, 0.15) is 56.0 Å². The van der Waals surface area contributed by atoms with E-state index in [1.807, 2.05) is 30.3 Å². The highest BCUT2D eigenvalue weighted by Crippen LogP contribution is 2.34. The lowest BCUT2D eigenvalue weighted by Gasteiger charge is -2.26. The third kappa shape index (κ3) is 4.25. The highest BCUT2D eigenvalue weighted by molar-refractivity contribution is 5.50. The number of halogens is 2. The Bertz CT molecular complexity index is 1030. The maximum absolute atomic E-state index is 15.2. The monoisotopic (exact) mass is 425 g/mol. The van der Waals surface area contributed by atoms with Gasteiger partial charge in [0.05, 0.1) is 18.3 Å². The molecule has 5 nitrogen and oxygen atoms in total. The Hall–Kier alpha value is -2.64. The molecule has 0 amide bonds. The van der Waals surface area contributed by atoms with E-state index in [4.69, 9.17) is 0 Å². The summed E-state index contributed by atoms with van der Waals surface area (Å²) in [5.74, 6) is 0.151. The predicted octanol–water partition coefficient (Wildman–Crippen LogP) is 4.40. The van der Waals surface area contributed by atoms with Crippen molar-refractivity contribution in [2.75, 3.05) is 13.1 Å². The van der Waals surface area contributed by atoms with E-state index in [-0.39, 0.29) is 6.04 Å². The first-order chi connectivity index (χ1) is 15.0. The first kappa shape index (κ1) is 21.6. The van der Waals surface area contributed by atoms with Crippen molar-refractivity contribution in [1.82, 2.24) is 25.0 Å². The lowest BCUT2D eigenvalue weighted by molar-refractivity contribution is 0.220. The van der Waals surface area contributed by atoms with Gasteiger partial charge in [0.25, 0.3) is 0 Å². The molecule has 1 aliphatic heterocycles. The van der Waals surface area contributed by atoms with E-state index in [1.54, 1.807) is 4.57 Å². The Balaban J connectivity index is 1.75. The van der Waals surface area contributed by atoms with Gasteiger partial charge in [-0.1, -0.05) is 44.2 Å². The number of nitrogens with zero attached hydrogens (tertiary/aromatic N) is 4. The minimum absolute atomic E-state index is 0.339. The van der Waals surface area contributed by atoms with Gasteiger partial charge in [0.2, 0.25) is 0 Å². The van der Waals surface area contributed by atoms with Crippen LogP contribution < -0.4 is 5.32 Å². The van der Waals surface area contributed by atoms with Gasteiger partial charge >= 0.3 is 0 Å². The van der Waals surface area contributed by atoms with Crippen LogP contribution in [-0.4, -0.2) is 38.8 Å². The molecule has 0 bridgehead atoms. The number of aromatic nitrogens is 3. The molecular formula is C24H29F2N5. The fraction of sp³-hybridized carbons (Fsp3) is 0.417. The molecule has 2 aromatic carbocycles. The van der Waals surface area contributed by atoms with E-state index in [0.29, 0.717) is 41.9 Å². The van der Waals surface area contributed by atoms with Crippen LogP contribution in [0.25, 0.3) is 5.69 Å². The standard InChI is InChI=1S/C24H29F2N5/c1-4-30(5-2)16(3)11-12-21-28-29-22-15-27-23(17-9-7-6-8-10-17)19-13-18(25)14-20(26)24(19)31(21)22/h6-10,13-14,16,23,27H,4-5,11-12,15H2,1-3H3. The van der Waals surface area contributed by atoms with Crippen LogP contribution in [0, 0.1) is 11.6 Å². The summed E-state index contributed by atoms with van der Waals surface area (Å²) in [5, 5.41) is 12.1. The third-order valence-electron chi connectivity index (χ3n) is 6.21. The summed E-state index contributed by atoms with van der Waals surface area (Å²) in [6.45, 7) is 8.87. The van der Waals surface area contributed by atoms with Gasteiger partial charge in [-0.3, -0.25) is 9.88 Å². The van der Waals surface area contributed by atoms with E-state index in [9.17, 15) is 4.39 Å². The molecule has 1 aromatic heterocycles. The molecule has 1 N–H and O–H groups in total. The normalized spacial score (nSPS) is 16.6. The van der Waals surface area contributed by atoms with Gasteiger partial charge in [-0.05, 0) is 38.1 Å². The molecule has 164 valence electrons. The lowest BCUT2D eigenvalue weighted by atomic mass is 9.96. The van der Waals surface area contributed by atoms with E-state index in [0.717, 1.165) is 31.1 Å². The quantitative estimate of drug-likeness (QED) is 0.610. The second kappa shape index (κ2) is 9.24.